The van der Waals surface area contributed by atoms with Crippen LogP contribution in [-0.4, -0.2) is 66.7 Å². The Balaban J connectivity index is 1.74. The van der Waals surface area contributed by atoms with Crippen LogP contribution in [0, 0.1) is 0 Å². The highest BCUT2D eigenvalue weighted by Gasteiger charge is 2.41. The lowest BCUT2D eigenvalue weighted by atomic mass is 10.1. The van der Waals surface area contributed by atoms with Crippen LogP contribution in [0.15, 0.2) is 0 Å². The summed E-state index contributed by atoms with van der Waals surface area (Å²) < 4.78 is 5.27. The molecule has 100 valence electrons. The number of fused-ring (bicyclic) bond motifs is 2. The number of morpholine rings is 1. The Labute approximate surface area is 106 Å². The molecule has 0 spiro atoms. The van der Waals surface area contributed by atoms with Crippen LogP contribution < -0.4 is 5.32 Å². The lowest BCUT2D eigenvalue weighted by molar-refractivity contribution is -0.121. The van der Waals surface area contributed by atoms with E-state index in [9.17, 15) is 9.59 Å². The van der Waals surface area contributed by atoms with Gasteiger partial charge in [-0.2, -0.15) is 0 Å². The number of nitrogens with zero attached hydrogens (tertiary/aromatic N) is 2. The fourth-order valence-electron chi connectivity index (χ4n) is 3.11. The van der Waals surface area contributed by atoms with Crippen LogP contribution in [0.3, 0.4) is 0 Å². The zero-order chi connectivity index (χ0) is 12.5. The van der Waals surface area contributed by atoms with Gasteiger partial charge in [0, 0.05) is 32.1 Å². The molecule has 0 aromatic heterocycles. The molecule has 3 rings (SSSR count). The van der Waals surface area contributed by atoms with Crippen molar-refractivity contribution < 1.29 is 14.3 Å². The highest BCUT2D eigenvalue weighted by atomic mass is 16.5. The smallest absolute Gasteiger partial charge is 0.320 e. The van der Waals surface area contributed by atoms with Crippen LogP contribution in [0.4, 0.5) is 4.79 Å². The van der Waals surface area contributed by atoms with E-state index in [1.807, 2.05) is 9.80 Å². The fourth-order valence-corrected chi connectivity index (χ4v) is 3.11. The van der Waals surface area contributed by atoms with E-state index in [0.717, 1.165) is 12.8 Å². The number of nitrogens with one attached hydrogen (secondary N) is 1. The molecular weight excluding hydrogens is 234 g/mol. The van der Waals surface area contributed by atoms with Crippen LogP contribution >= 0.6 is 0 Å². The van der Waals surface area contributed by atoms with Gasteiger partial charge in [0.1, 0.15) is 0 Å². The van der Waals surface area contributed by atoms with E-state index >= 15 is 0 Å². The van der Waals surface area contributed by atoms with Crippen molar-refractivity contribution in [1.29, 1.82) is 0 Å². The van der Waals surface area contributed by atoms with Gasteiger partial charge in [0.05, 0.1) is 19.3 Å². The van der Waals surface area contributed by atoms with Gasteiger partial charge in [0.25, 0.3) is 0 Å². The van der Waals surface area contributed by atoms with Gasteiger partial charge in [0.15, 0.2) is 0 Å². The molecule has 2 bridgehead atoms. The van der Waals surface area contributed by atoms with Crippen LogP contribution in [0.25, 0.3) is 0 Å². The summed E-state index contributed by atoms with van der Waals surface area (Å²) >= 11 is 0. The van der Waals surface area contributed by atoms with E-state index in [0.29, 0.717) is 39.3 Å². The molecule has 0 aliphatic carbocycles. The maximum Gasteiger partial charge on any atom is 0.320 e. The molecule has 3 fully saturated rings. The topological polar surface area (TPSA) is 61.9 Å². The summed E-state index contributed by atoms with van der Waals surface area (Å²) in [6, 6.07) is 0.354. The number of carbonyl (C=O) groups is 2. The molecule has 0 radical (unpaired) electrons. The minimum Gasteiger partial charge on any atom is -0.378 e. The normalized spacial score (nSPS) is 32.1. The van der Waals surface area contributed by atoms with Crippen molar-refractivity contribution in [1.82, 2.24) is 15.1 Å². The molecular formula is C12H19N3O3. The third-order valence-corrected chi connectivity index (χ3v) is 4.08. The van der Waals surface area contributed by atoms with E-state index in [4.69, 9.17) is 4.74 Å². The highest BCUT2D eigenvalue weighted by Crippen LogP contribution is 2.29. The van der Waals surface area contributed by atoms with Crippen molar-refractivity contribution in [2.24, 2.45) is 0 Å². The van der Waals surface area contributed by atoms with E-state index < -0.39 is 0 Å². The Morgan fingerprint density at radius 2 is 1.94 bits per heavy atom. The van der Waals surface area contributed by atoms with E-state index in [2.05, 4.69) is 5.32 Å². The van der Waals surface area contributed by atoms with Crippen LogP contribution in [-0.2, 0) is 9.53 Å². The van der Waals surface area contributed by atoms with Crippen LogP contribution in [0.5, 0.6) is 0 Å². The summed E-state index contributed by atoms with van der Waals surface area (Å²) in [4.78, 5) is 27.9. The molecule has 6 nitrogen and oxygen atoms in total. The number of amides is 3. The number of hydrogen-bond acceptors (Lipinski definition) is 3. The summed E-state index contributed by atoms with van der Waals surface area (Å²) in [6.07, 6.45) is 2.40. The minimum absolute atomic E-state index is 0.0713. The molecule has 6 heteroatoms. The Morgan fingerprint density at radius 3 is 2.72 bits per heavy atom. The summed E-state index contributed by atoms with van der Waals surface area (Å²) in [6.45, 7) is 3.16. The first-order chi connectivity index (χ1) is 8.75. The Bertz CT molecular complexity index is 354. The summed E-state index contributed by atoms with van der Waals surface area (Å²) in [5, 5.41) is 2.89. The minimum atomic E-state index is 0.0713. The van der Waals surface area contributed by atoms with Crippen molar-refractivity contribution in [2.75, 3.05) is 32.8 Å². The maximum absolute atomic E-state index is 12.5. The summed E-state index contributed by atoms with van der Waals surface area (Å²) in [7, 11) is 0. The molecule has 1 N–H and O–H groups in total. The molecule has 0 saturated carbocycles. The zero-order valence-corrected chi connectivity index (χ0v) is 10.4. The fraction of sp³-hybridized carbons (Fsp3) is 0.833. The van der Waals surface area contributed by atoms with Crippen LogP contribution in [0.1, 0.15) is 19.3 Å². The van der Waals surface area contributed by atoms with Gasteiger partial charge in [-0.3, -0.25) is 4.79 Å². The molecule has 0 aromatic rings. The number of urea groups is 1. The largest absolute Gasteiger partial charge is 0.378 e. The average molecular weight is 253 g/mol. The van der Waals surface area contributed by atoms with Gasteiger partial charge < -0.3 is 19.9 Å². The molecule has 2 atom stereocenters. The standard InChI is InChI=1S/C12H19N3O3/c16-11-7-9-1-2-10(8-13-11)15(9)12(17)14-3-5-18-6-4-14/h9-10H,1-8H2,(H,13,16)/t9-,10+/m0/s1. The molecule has 3 aliphatic heterocycles. The molecule has 0 unspecified atom stereocenters. The molecule has 3 amide bonds. The lowest BCUT2D eigenvalue weighted by Crippen LogP contribution is -2.52. The molecule has 3 aliphatic rings. The Hall–Kier alpha value is -1.30. The van der Waals surface area contributed by atoms with Gasteiger partial charge in [-0.15, -0.1) is 0 Å². The van der Waals surface area contributed by atoms with Crippen molar-refractivity contribution in [3.8, 4) is 0 Å². The number of ether oxygens (including phenoxy) is 1. The van der Waals surface area contributed by atoms with Crippen molar-refractivity contribution >= 4 is 11.9 Å². The number of rotatable bonds is 0. The van der Waals surface area contributed by atoms with E-state index in [-0.39, 0.29) is 24.0 Å². The van der Waals surface area contributed by atoms with E-state index in [1.54, 1.807) is 0 Å². The SMILES string of the molecule is O=C1C[C@@H]2CC[C@H](CN1)N2C(=O)N1CCOCC1. The van der Waals surface area contributed by atoms with Gasteiger partial charge in [-0.1, -0.05) is 0 Å². The average Bonchev–Trinajstić information content (AvgIpc) is 2.70. The van der Waals surface area contributed by atoms with Crippen LogP contribution in [0.2, 0.25) is 0 Å². The first-order valence-electron chi connectivity index (χ1n) is 6.67. The third-order valence-electron chi connectivity index (χ3n) is 4.08. The second-order valence-corrected chi connectivity index (χ2v) is 5.18. The predicted molar refractivity (Wildman–Crippen MR) is 64.1 cm³/mol. The van der Waals surface area contributed by atoms with Crippen molar-refractivity contribution in [2.45, 2.75) is 31.3 Å². The number of hydrogen-bond donors (Lipinski definition) is 1. The monoisotopic (exact) mass is 253 g/mol. The summed E-state index contributed by atoms with van der Waals surface area (Å²) in [5.74, 6) is 0.0713. The second-order valence-electron chi connectivity index (χ2n) is 5.18. The first kappa shape index (κ1) is 11.8. The predicted octanol–water partition coefficient (Wildman–Crippen LogP) is -0.208. The Kier molecular flexibility index (Phi) is 3.11. The lowest BCUT2D eigenvalue weighted by Gasteiger charge is -2.35. The van der Waals surface area contributed by atoms with Gasteiger partial charge in [-0.05, 0) is 12.8 Å². The molecule has 0 aromatic carbocycles. The van der Waals surface area contributed by atoms with Gasteiger partial charge in [-0.25, -0.2) is 4.79 Å². The van der Waals surface area contributed by atoms with Gasteiger partial charge in [0.2, 0.25) is 5.91 Å². The van der Waals surface area contributed by atoms with Crippen molar-refractivity contribution in [3.63, 3.8) is 0 Å². The highest BCUT2D eigenvalue weighted by molar-refractivity contribution is 5.81. The Morgan fingerprint density at radius 1 is 1.22 bits per heavy atom. The molecule has 18 heavy (non-hydrogen) atoms. The summed E-state index contributed by atoms with van der Waals surface area (Å²) in [5.41, 5.74) is 0. The van der Waals surface area contributed by atoms with Gasteiger partial charge >= 0.3 is 6.03 Å². The quantitative estimate of drug-likeness (QED) is 0.650. The second kappa shape index (κ2) is 4.76. The number of carbonyl (C=O) groups excluding carboxylic acids is 2. The maximum atomic E-state index is 12.5. The first-order valence-corrected chi connectivity index (χ1v) is 6.67. The molecule has 3 heterocycles. The van der Waals surface area contributed by atoms with Crippen molar-refractivity contribution in [3.05, 3.63) is 0 Å². The van der Waals surface area contributed by atoms with E-state index in [1.165, 1.54) is 0 Å². The third kappa shape index (κ3) is 2.05. The molecule has 3 saturated heterocycles. The zero-order valence-electron chi connectivity index (χ0n) is 10.4.